The van der Waals surface area contributed by atoms with Crippen LogP contribution in [0.3, 0.4) is 0 Å². The molecule has 0 aromatic heterocycles. The predicted octanol–water partition coefficient (Wildman–Crippen LogP) is 3.53. The minimum atomic E-state index is -0.519. The molecule has 180 valence electrons. The summed E-state index contributed by atoms with van der Waals surface area (Å²) in [4.78, 5) is 31.7. The van der Waals surface area contributed by atoms with E-state index in [1.807, 2.05) is 30.5 Å². The van der Waals surface area contributed by atoms with Crippen LogP contribution < -0.4 is 10.6 Å². The third kappa shape index (κ3) is 5.91. The van der Waals surface area contributed by atoms with Gasteiger partial charge in [0, 0.05) is 36.3 Å². The first-order valence-corrected chi connectivity index (χ1v) is 13.4. The first-order chi connectivity index (χ1) is 16.1. The zero-order valence-electron chi connectivity index (χ0n) is 19.8. The number of hydrogen-bond acceptors (Lipinski definition) is 6. The minimum absolute atomic E-state index is 0.278. The van der Waals surface area contributed by atoms with Gasteiger partial charge in [-0.3, -0.25) is 4.90 Å². The molecular weight excluding hydrogens is 436 g/mol. The van der Waals surface area contributed by atoms with Gasteiger partial charge in [0.1, 0.15) is 0 Å². The van der Waals surface area contributed by atoms with E-state index >= 15 is 0 Å². The van der Waals surface area contributed by atoms with Crippen LogP contribution in [0.4, 0.5) is 4.79 Å². The summed E-state index contributed by atoms with van der Waals surface area (Å²) in [6.07, 6.45) is 8.27. The second kappa shape index (κ2) is 11.4. The number of nitrogens with one attached hydrogen (secondary N) is 2. The Morgan fingerprint density at radius 1 is 1.09 bits per heavy atom. The van der Waals surface area contributed by atoms with Crippen molar-refractivity contribution in [1.29, 1.82) is 0 Å². The molecule has 2 saturated heterocycles. The highest BCUT2D eigenvalue weighted by Gasteiger charge is 2.35. The van der Waals surface area contributed by atoms with Crippen LogP contribution in [-0.2, 0) is 9.53 Å². The van der Waals surface area contributed by atoms with Gasteiger partial charge in [-0.25, -0.2) is 9.59 Å². The lowest BCUT2D eigenvalue weighted by Crippen LogP contribution is -2.51. The topological polar surface area (TPSA) is 73.9 Å². The van der Waals surface area contributed by atoms with E-state index in [1.165, 1.54) is 32.4 Å². The number of amides is 2. The Bertz CT molecular complexity index is 859. The zero-order valence-corrected chi connectivity index (χ0v) is 20.6. The molecule has 2 N–H and O–H groups in total. The molecule has 3 aliphatic heterocycles. The maximum atomic E-state index is 13.0. The third-order valence-corrected chi connectivity index (χ3v) is 7.69. The van der Waals surface area contributed by atoms with Gasteiger partial charge in [0.15, 0.2) is 0 Å². The summed E-state index contributed by atoms with van der Waals surface area (Å²) in [5.74, 6) is -0.373. The van der Waals surface area contributed by atoms with E-state index in [9.17, 15) is 9.59 Å². The molecule has 0 saturated carbocycles. The number of rotatable bonds is 7. The highest BCUT2D eigenvalue weighted by atomic mass is 32.2. The standard InChI is InChI=1S/C25H36N4O3S/c1-3-32-24(30)22-21(17-28-15-11-19(12-16-28)29-13-5-4-6-14-29)26-25(31)27-23(22)18-7-9-20(33-2)10-8-18/h7-10,19,23H,3-6,11-17H2,1-2H3,(H2,26,27,31)/t23-/m0/s1. The predicted molar refractivity (Wildman–Crippen MR) is 131 cm³/mol. The molecule has 1 aromatic carbocycles. The molecule has 1 atom stereocenters. The molecule has 0 spiro atoms. The van der Waals surface area contributed by atoms with Crippen LogP contribution in [0.1, 0.15) is 50.6 Å². The summed E-state index contributed by atoms with van der Waals surface area (Å²) in [5, 5.41) is 5.86. The van der Waals surface area contributed by atoms with Crippen molar-refractivity contribution in [3.05, 3.63) is 41.1 Å². The lowest BCUT2D eigenvalue weighted by molar-refractivity contribution is -0.139. The molecular formula is C25H36N4O3S. The molecule has 0 bridgehead atoms. The number of piperidine rings is 2. The smallest absolute Gasteiger partial charge is 0.338 e. The highest BCUT2D eigenvalue weighted by molar-refractivity contribution is 7.98. The van der Waals surface area contributed by atoms with Gasteiger partial charge in [-0.05, 0) is 69.6 Å². The van der Waals surface area contributed by atoms with Crippen molar-refractivity contribution in [2.45, 2.75) is 56.0 Å². The summed E-state index contributed by atoms with van der Waals surface area (Å²) < 4.78 is 5.41. The maximum Gasteiger partial charge on any atom is 0.338 e. The first-order valence-electron chi connectivity index (χ1n) is 12.2. The minimum Gasteiger partial charge on any atom is -0.463 e. The highest BCUT2D eigenvalue weighted by Crippen LogP contribution is 2.30. The van der Waals surface area contributed by atoms with Crippen LogP contribution in [-0.4, -0.2) is 73.4 Å². The summed E-state index contributed by atoms with van der Waals surface area (Å²) in [6.45, 7) is 7.04. The molecule has 0 radical (unpaired) electrons. The van der Waals surface area contributed by atoms with Gasteiger partial charge >= 0.3 is 12.0 Å². The van der Waals surface area contributed by atoms with Crippen LogP contribution in [0.2, 0.25) is 0 Å². The van der Waals surface area contributed by atoms with Crippen LogP contribution in [0, 0.1) is 0 Å². The fraction of sp³-hybridized carbons (Fsp3) is 0.600. The van der Waals surface area contributed by atoms with E-state index in [-0.39, 0.29) is 12.0 Å². The monoisotopic (exact) mass is 472 g/mol. The van der Waals surface area contributed by atoms with Crippen molar-refractivity contribution in [1.82, 2.24) is 20.4 Å². The lowest BCUT2D eigenvalue weighted by Gasteiger charge is -2.41. The Kier molecular flexibility index (Phi) is 8.33. The second-order valence-electron chi connectivity index (χ2n) is 9.02. The maximum absolute atomic E-state index is 13.0. The SMILES string of the molecule is CCOC(=O)C1=C(CN2CCC(N3CCCCC3)CC2)NC(=O)N[C@H]1c1ccc(SC)cc1. The summed E-state index contributed by atoms with van der Waals surface area (Å²) in [5.41, 5.74) is 2.05. The third-order valence-electron chi connectivity index (χ3n) is 6.94. The number of likely N-dealkylation sites (tertiary alicyclic amines) is 2. The first kappa shape index (κ1) is 24.1. The molecule has 8 heteroatoms. The Hall–Kier alpha value is -2.03. The van der Waals surface area contributed by atoms with E-state index < -0.39 is 6.04 Å². The molecule has 3 heterocycles. The normalized spacial score (nSPS) is 23.2. The molecule has 2 amide bonds. The zero-order chi connectivity index (χ0) is 23.2. The molecule has 7 nitrogen and oxygen atoms in total. The van der Waals surface area contributed by atoms with Crippen molar-refractivity contribution in [2.75, 3.05) is 45.6 Å². The summed E-state index contributed by atoms with van der Waals surface area (Å²) in [7, 11) is 0. The van der Waals surface area contributed by atoms with Crippen LogP contribution in [0.25, 0.3) is 0 Å². The van der Waals surface area contributed by atoms with E-state index in [4.69, 9.17) is 4.74 Å². The number of urea groups is 1. The van der Waals surface area contributed by atoms with E-state index in [2.05, 4.69) is 20.4 Å². The van der Waals surface area contributed by atoms with Crippen molar-refractivity contribution in [3.63, 3.8) is 0 Å². The average molecular weight is 473 g/mol. The number of carbonyl (C=O) groups excluding carboxylic acids is 2. The quantitative estimate of drug-likeness (QED) is 0.467. The van der Waals surface area contributed by atoms with Gasteiger partial charge in [-0.2, -0.15) is 0 Å². The number of ether oxygens (including phenoxy) is 1. The fourth-order valence-electron chi connectivity index (χ4n) is 5.19. The van der Waals surface area contributed by atoms with E-state index in [0.717, 1.165) is 36.4 Å². The lowest BCUT2D eigenvalue weighted by atomic mass is 9.94. The summed E-state index contributed by atoms with van der Waals surface area (Å²) >= 11 is 1.66. The molecule has 2 fully saturated rings. The van der Waals surface area contributed by atoms with Crippen molar-refractivity contribution >= 4 is 23.8 Å². The van der Waals surface area contributed by atoms with Gasteiger partial charge in [-0.1, -0.05) is 18.6 Å². The van der Waals surface area contributed by atoms with Crippen LogP contribution in [0.5, 0.6) is 0 Å². The Morgan fingerprint density at radius 2 is 1.79 bits per heavy atom. The number of hydrogen-bond donors (Lipinski definition) is 2. The Labute approximate surface area is 201 Å². The molecule has 0 unspecified atom stereocenters. The van der Waals surface area contributed by atoms with Gasteiger partial charge in [0.2, 0.25) is 0 Å². The number of esters is 1. The van der Waals surface area contributed by atoms with Gasteiger partial charge in [0.05, 0.1) is 18.2 Å². The van der Waals surface area contributed by atoms with E-state index in [0.29, 0.717) is 30.5 Å². The largest absolute Gasteiger partial charge is 0.463 e. The average Bonchev–Trinajstić information content (AvgIpc) is 2.85. The van der Waals surface area contributed by atoms with Gasteiger partial charge in [-0.15, -0.1) is 11.8 Å². The van der Waals surface area contributed by atoms with Crippen LogP contribution >= 0.6 is 11.8 Å². The molecule has 1 aromatic rings. The fourth-order valence-corrected chi connectivity index (χ4v) is 5.60. The van der Waals surface area contributed by atoms with Gasteiger partial charge < -0.3 is 20.3 Å². The Morgan fingerprint density at radius 3 is 2.42 bits per heavy atom. The molecule has 33 heavy (non-hydrogen) atoms. The van der Waals surface area contributed by atoms with Crippen molar-refractivity contribution in [3.8, 4) is 0 Å². The summed E-state index contributed by atoms with van der Waals surface area (Å²) in [6, 6.07) is 7.84. The number of nitrogens with zero attached hydrogens (tertiary/aromatic N) is 2. The second-order valence-corrected chi connectivity index (χ2v) is 9.90. The van der Waals surface area contributed by atoms with Crippen LogP contribution in [0.15, 0.2) is 40.4 Å². The molecule has 3 aliphatic rings. The number of thioether (sulfide) groups is 1. The number of benzene rings is 1. The van der Waals surface area contributed by atoms with Gasteiger partial charge in [0.25, 0.3) is 0 Å². The van der Waals surface area contributed by atoms with E-state index in [1.54, 1.807) is 18.7 Å². The molecule has 4 rings (SSSR count). The van der Waals surface area contributed by atoms with Crippen molar-refractivity contribution in [2.24, 2.45) is 0 Å². The molecule has 0 aliphatic carbocycles. The Balaban J connectivity index is 1.52. The number of carbonyl (C=O) groups is 2. The van der Waals surface area contributed by atoms with Crippen molar-refractivity contribution < 1.29 is 14.3 Å².